The predicted octanol–water partition coefficient (Wildman–Crippen LogP) is 3.69. The first-order valence-electron chi connectivity index (χ1n) is 12.1. The quantitative estimate of drug-likeness (QED) is 0.504. The summed E-state index contributed by atoms with van der Waals surface area (Å²) in [5, 5.41) is 14.7. The van der Waals surface area contributed by atoms with Crippen LogP contribution >= 0.6 is 0 Å². The van der Waals surface area contributed by atoms with Gasteiger partial charge in [0.05, 0.1) is 5.54 Å². The van der Waals surface area contributed by atoms with Crippen molar-refractivity contribution in [2.24, 2.45) is 5.92 Å². The number of aliphatic carboxylic acids is 1. The summed E-state index contributed by atoms with van der Waals surface area (Å²) >= 11 is 0. The van der Waals surface area contributed by atoms with Crippen molar-refractivity contribution in [2.75, 3.05) is 26.4 Å². The molecule has 0 aromatic heterocycles. The van der Waals surface area contributed by atoms with E-state index in [4.69, 9.17) is 14.6 Å². The van der Waals surface area contributed by atoms with Crippen LogP contribution in [0.1, 0.15) is 49.7 Å². The number of carbonyl (C=O) groups excluding carboxylic acids is 2. The summed E-state index contributed by atoms with van der Waals surface area (Å²) in [6, 6.07) is 16.3. The van der Waals surface area contributed by atoms with Gasteiger partial charge in [0.25, 0.3) is 0 Å². The Labute approximate surface area is 205 Å². The number of nitrogens with one attached hydrogen (secondary N) is 2. The van der Waals surface area contributed by atoms with Crippen molar-refractivity contribution < 1.29 is 29.0 Å². The second-order valence-corrected chi connectivity index (χ2v) is 9.53. The minimum Gasteiger partial charge on any atom is -0.481 e. The third-order valence-corrected chi connectivity index (χ3v) is 6.83. The number of fused-ring (bicyclic) bond motifs is 3. The molecule has 0 radical (unpaired) electrons. The molecule has 1 heterocycles. The number of benzene rings is 2. The summed E-state index contributed by atoms with van der Waals surface area (Å²) in [6.45, 7) is 3.11. The fourth-order valence-corrected chi connectivity index (χ4v) is 4.99. The zero-order chi connectivity index (χ0) is 24.8. The fraction of sp³-hybridized carbons (Fsp3) is 0.444. The molecular weight excluding hydrogens is 448 g/mol. The molecule has 4 rings (SSSR count). The van der Waals surface area contributed by atoms with Gasteiger partial charge in [-0.15, -0.1) is 0 Å². The van der Waals surface area contributed by atoms with Crippen molar-refractivity contribution in [3.05, 3.63) is 59.7 Å². The van der Waals surface area contributed by atoms with Gasteiger partial charge >= 0.3 is 12.1 Å². The molecule has 8 nitrogen and oxygen atoms in total. The highest BCUT2D eigenvalue weighted by atomic mass is 16.5. The smallest absolute Gasteiger partial charge is 0.407 e. The Kier molecular flexibility index (Phi) is 7.70. The van der Waals surface area contributed by atoms with Crippen LogP contribution < -0.4 is 10.6 Å². The van der Waals surface area contributed by atoms with Crippen LogP contribution in [-0.2, 0) is 19.1 Å². The molecule has 2 aromatic rings. The monoisotopic (exact) mass is 480 g/mol. The van der Waals surface area contributed by atoms with Crippen LogP contribution in [0.4, 0.5) is 4.79 Å². The Morgan fingerprint density at radius 1 is 1.06 bits per heavy atom. The number of alkyl carbamates (subject to hydrolysis) is 1. The van der Waals surface area contributed by atoms with E-state index in [0.717, 1.165) is 22.3 Å². The van der Waals surface area contributed by atoms with Crippen LogP contribution in [0.15, 0.2) is 48.5 Å². The van der Waals surface area contributed by atoms with E-state index in [1.807, 2.05) is 24.3 Å². The SMILES string of the molecule is CC(CNC(=O)CC1(NC(=O)OCC2c3ccccc3-c3ccccc32)CCOCC1)CC(=O)O. The van der Waals surface area contributed by atoms with Gasteiger partial charge in [-0.25, -0.2) is 4.79 Å². The van der Waals surface area contributed by atoms with Crippen molar-refractivity contribution in [1.29, 1.82) is 0 Å². The lowest BCUT2D eigenvalue weighted by Crippen LogP contribution is -2.54. The standard InChI is InChI=1S/C27H32N2O6/c1-18(14-25(31)32)16-28-24(30)15-27(10-12-34-13-11-27)29-26(33)35-17-23-21-8-4-2-6-19(21)20-7-3-5-9-22(20)23/h2-9,18,23H,10-17H2,1H3,(H,28,30)(H,29,33)(H,31,32). The molecule has 2 aliphatic rings. The van der Waals surface area contributed by atoms with Crippen LogP contribution in [0.5, 0.6) is 0 Å². The third kappa shape index (κ3) is 6.00. The maximum atomic E-state index is 12.9. The van der Waals surface area contributed by atoms with Gasteiger partial charge in [-0.05, 0) is 41.0 Å². The van der Waals surface area contributed by atoms with E-state index in [-0.39, 0.29) is 43.7 Å². The second kappa shape index (κ2) is 10.9. The Morgan fingerprint density at radius 3 is 2.26 bits per heavy atom. The summed E-state index contributed by atoms with van der Waals surface area (Å²) in [5.41, 5.74) is 3.83. The van der Waals surface area contributed by atoms with Gasteiger partial charge in [0.1, 0.15) is 6.61 Å². The number of carboxylic acids is 1. The summed E-state index contributed by atoms with van der Waals surface area (Å²) in [7, 11) is 0. The lowest BCUT2D eigenvalue weighted by atomic mass is 9.86. The topological polar surface area (TPSA) is 114 Å². The van der Waals surface area contributed by atoms with Gasteiger partial charge in [-0.1, -0.05) is 55.5 Å². The Balaban J connectivity index is 1.37. The van der Waals surface area contributed by atoms with Gasteiger partial charge < -0.3 is 25.2 Å². The van der Waals surface area contributed by atoms with E-state index in [1.54, 1.807) is 6.92 Å². The molecule has 186 valence electrons. The first-order chi connectivity index (χ1) is 16.9. The molecule has 0 bridgehead atoms. The molecule has 1 saturated heterocycles. The summed E-state index contributed by atoms with van der Waals surface area (Å²) in [5.74, 6) is -1.36. The minimum absolute atomic E-state index is 0.0166. The first kappa shape index (κ1) is 24.7. The van der Waals surface area contributed by atoms with E-state index < -0.39 is 17.6 Å². The molecule has 1 fully saturated rings. The molecule has 0 saturated carbocycles. The van der Waals surface area contributed by atoms with Crippen molar-refractivity contribution in [2.45, 2.75) is 44.1 Å². The van der Waals surface area contributed by atoms with Gasteiger partial charge in [0, 0.05) is 38.5 Å². The highest BCUT2D eigenvalue weighted by Gasteiger charge is 2.37. The summed E-state index contributed by atoms with van der Waals surface area (Å²) < 4.78 is 11.2. The molecule has 1 unspecified atom stereocenters. The van der Waals surface area contributed by atoms with Crippen molar-refractivity contribution in [3.8, 4) is 11.1 Å². The minimum atomic E-state index is -0.899. The number of carboxylic acid groups (broad SMARTS) is 1. The molecule has 1 atom stereocenters. The van der Waals surface area contributed by atoms with Gasteiger partial charge in [0.15, 0.2) is 0 Å². The van der Waals surface area contributed by atoms with E-state index in [2.05, 4.69) is 34.9 Å². The number of hydrogen-bond acceptors (Lipinski definition) is 5. The van der Waals surface area contributed by atoms with Crippen LogP contribution in [-0.4, -0.2) is 55.0 Å². The fourth-order valence-electron chi connectivity index (χ4n) is 4.99. The highest BCUT2D eigenvalue weighted by molar-refractivity contribution is 5.80. The van der Waals surface area contributed by atoms with E-state index in [9.17, 15) is 14.4 Å². The molecule has 8 heteroatoms. The Morgan fingerprint density at radius 2 is 1.66 bits per heavy atom. The predicted molar refractivity (Wildman–Crippen MR) is 130 cm³/mol. The lowest BCUT2D eigenvalue weighted by molar-refractivity contribution is -0.138. The van der Waals surface area contributed by atoms with E-state index in [1.165, 1.54) is 0 Å². The van der Waals surface area contributed by atoms with E-state index in [0.29, 0.717) is 26.1 Å². The molecule has 0 spiro atoms. The van der Waals surface area contributed by atoms with Crippen molar-refractivity contribution in [1.82, 2.24) is 10.6 Å². The number of rotatable bonds is 9. The molecule has 35 heavy (non-hydrogen) atoms. The van der Waals surface area contributed by atoms with Crippen LogP contribution in [0.2, 0.25) is 0 Å². The average Bonchev–Trinajstić information content (AvgIpc) is 3.15. The molecule has 2 amide bonds. The summed E-state index contributed by atoms with van der Waals surface area (Å²) in [4.78, 5) is 36.4. The first-order valence-corrected chi connectivity index (χ1v) is 12.1. The number of hydrogen-bond donors (Lipinski definition) is 3. The second-order valence-electron chi connectivity index (χ2n) is 9.53. The van der Waals surface area contributed by atoms with Gasteiger partial charge in [-0.2, -0.15) is 0 Å². The Bertz CT molecular complexity index is 1030. The van der Waals surface area contributed by atoms with E-state index >= 15 is 0 Å². The lowest BCUT2D eigenvalue weighted by Gasteiger charge is -2.37. The molecule has 2 aromatic carbocycles. The van der Waals surface area contributed by atoms with Crippen molar-refractivity contribution in [3.63, 3.8) is 0 Å². The Hall–Kier alpha value is -3.39. The largest absolute Gasteiger partial charge is 0.481 e. The maximum Gasteiger partial charge on any atom is 0.407 e. The summed E-state index contributed by atoms with van der Waals surface area (Å²) in [6.07, 6.45) is 0.503. The zero-order valence-electron chi connectivity index (χ0n) is 19.9. The van der Waals surface area contributed by atoms with Crippen LogP contribution in [0.25, 0.3) is 11.1 Å². The molecule has 1 aliphatic heterocycles. The molecule has 3 N–H and O–H groups in total. The van der Waals surface area contributed by atoms with Gasteiger partial charge in [0.2, 0.25) is 5.91 Å². The van der Waals surface area contributed by atoms with Crippen LogP contribution in [0, 0.1) is 5.92 Å². The van der Waals surface area contributed by atoms with Crippen molar-refractivity contribution >= 4 is 18.0 Å². The number of ether oxygens (including phenoxy) is 2. The molecular formula is C27H32N2O6. The van der Waals surface area contributed by atoms with Gasteiger partial charge in [-0.3, -0.25) is 9.59 Å². The number of carbonyl (C=O) groups is 3. The average molecular weight is 481 g/mol. The molecule has 1 aliphatic carbocycles. The highest BCUT2D eigenvalue weighted by Crippen LogP contribution is 2.44. The third-order valence-electron chi connectivity index (χ3n) is 6.83. The zero-order valence-corrected chi connectivity index (χ0v) is 19.9. The normalized spacial score (nSPS) is 17.1. The van der Waals surface area contributed by atoms with Crippen LogP contribution in [0.3, 0.4) is 0 Å². The maximum absolute atomic E-state index is 12.9. The number of amides is 2.